The van der Waals surface area contributed by atoms with Gasteiger partial charge in [-0.15, -0.1) is 0 Å². The van der Waals surface area contributed by atoms with E-state index >= 15 is 0 Å². The second-order valence-electron chi connectivity index (χ2n) is 7.85. The minimum Gasteiger partial charge on any atom is -0.484 e. The van der Waals surface area contributed by atoms with Gasteiger partial charge in [0.25, 0.3) is 5.91 Å². The monoisotopic (exact) mass is 441 g/mol. The molecule has 2 N–H and O–H groups in total. The molecule has 166 valence electrons. The van der Waals surface area contributed by atoms with Gasteiger partial charge in [-0.3, -0.25) is 4.79 Å². The molecule has 0 atom stereocenters. The predicted octanol–water partition coefficient (Wildman–Crippen LogP) is 2.93. The van der Waals surface area contributed by atoms with Gasteiger partial charge in [0.1, 0.15) is 23.7 Å². The van der Waals surface area contributed by atoms with Crippen LogP contribution in [0.25, 0.3) is 17.2 Å². The topological polar surface area (TPSA) is 125 Å². The normalized spacial score (nSPS) is 16.4. The molecule has 0 radical (unpaired) electrons. The van der Waals surface area contributed by atoms with E-state index in [4.69, 9.17) is 15.2 Å². The minimum absolute atomic E-state index is 0.0234. The lowest BCUT2D eigenvalue weighted by Crippen LogP contribution is -2.42. The summed E-state index contributed by atoms with van der Waals surface area (Å²) in [6, 6.07) is 11.7. The maximum absolute atomic E-state index is 12.3. The van der Waals surface area contributed by atoms with Gasteiger partial charge in [0.2, 0.25) is 0 Å². The van der Waals surface area contributed by atoms with Crippen LogP contribution >= 0.6 is 0 Å². The Kier molecular flexibility index (Phi) is 6.12. The molecule has 8 nitrogen and oxygen atoms in total. The number of rotatable bonds is 4. The van der Waals surface area contributed by atoms with Crippen molar-refractivity contribution in [3.8, 4) is 17.9 Å². The number of allylic oxidation sites excluding steroid dienone is 3. The summed E-state index contributed by atoms with van der Waals surface area (Å²) in [5.41, 5.74) is 11.2. The summed E-state index contributed by atoms with van der Waals surface area (Å²) in [6.07, 6.45) is 1.95. The number of carbonyl (C=O) groups excluding carboxylic acids is 1. The number of hydrogen-bond acceptors (Lipinski definition) is 7. The van der Waals surface area contributed by atoms with E-state index in [0.29, 0.717) is 54.4 Å². The number of nitrogens with zero attached hydrogens (tertiary/aromatic N) is 4. The number of pyridine rings is 1. The Hall–Kier alpha value is -4.14. The zero-order valence-corrected chi connectivity index (χ0v) is 18.5. The number of aromatic nitrogens is 1. The number of fused-ring (bicyclic) bond motifs is 1. The maximum Gasteiger partial charge on any atom is 0.260 e. The molecule has 0 unspecified atom stereocenters. The first kappa shape index (κ1) is 22.1. The Bertz CT molecular complexity index is 1260. The zero-order valence-electron chi connectivity index (χ0n) is 18.5. The van der Waals surface area contributed by atoms with E-state index in [1.165, 1.54) is 0 Å². The molecule has 1 aromatic carbocycles. The standard InChI is InChI=1S/C25H23N5O3/c1-15-19(23-16(2)21(13-27)25(28)29-24(23)20(15)12-26)11-17-3-5-18(6-4-17)33-14-22(31)30-7-9-32-10-8-30/h3-6,11H,7-10,14H2,1-2H3,(H2,28,29)/b19-11-. The fourth-order valence-electron chi connectivity index (χ4n) is 4.07. The molecule has 1 amide bonds. The number of amides is 1. The van der Waals surface area contributed by atoms with Gasteiger partial charge in [-0.2, -0.15) is 10.5 Å². The molecule has 1 fully saturated rings. The van der Waals surface area contributed by atoms with Crippen LogP contribution in [0.5, 0.6) is 5.75 Å². The molecule has 1 aliphatic heterocycles. The molecule has 33 heavy (non-hydrogen) atoms. The van der Waals surface area contributed by atoms with Crippen molar-refractivity contribution in [3.05, 3.63) is 57.8 Å². The lowest BCUT2D eigenvalue weighted by Gasteiger charge is -2.26. The number of morpholine rings is 1. The Morgan fingerprint density at radius 3 is 2.55 bits per heavy atom. The third-order valence-electron chi connectivity index (χ3n) is 5.90. The second kappa shape index (κ2) is 9.15. The number of nitrogen functional groups attached to an aromatic ring is 1. The molecule has 2 aliphatic rings. The molecule has 4 rings (SSSR count). The van der Waals surface area contributed by atoms with Crippen molar-refractivity contribution in [1.29, 1.82) is 10.5 Å². The summed E-state index contributed by atoms with van der Waals surface area (Å²) in [7, 11) is 0. The largest absolute Gasteiger partial charge is 0.484 e. The van der Waals surface area contributed by atoms with Gasteiger partial charge in [0.15, 0.2) is 6.61 Å². The van der Waals surface area contributed by atoms with E-state index in [2.05, 4.69) is 17.1 Å². The van der Waals surface area contributed by atoms with Crippen LogP contribution in [0.1, 0.15) is 34.9 Å². The van der Waals surface area contributed by atoms with Crippen LogP contribution in [0.4, 0.5) is 5.82 Å². The van der Waals surface area contributed by atoms with Gasteiger partial charge in [0.05, 0.1) is 30.0 Å². The number of ether oxygens (including phenoxy) is 2. The van der Waals surface area contributed by atoms with Gasteiger partial charge < -0.3 is 20.1 Å². The van der Waals surface area contributed by atoms with E-state index in [1.807, 2.05) is 32.1 Å². The Morgan fingerprint density at radius 1 is 1.21 bits per heavy atom. The van der Waals surface area contributed by atoms with Crippen LogP contribution in [-0.2, 0) is 9.53 Å². The fourth-order valence-corrected chi connectivity index (χ4v) is 4.07. The first-order chi connectivity index (χ1) is 15.9. The average molecular weight is 441 g/mol. The highest BCUT2D eigenvalue weighted by atomic mass is 16.5. The highest BCUT2D eigenvalue weighted by molar-refractivity contribution is 6.08. The van der Waals surface area contributed by atoms with E-state index in [0.717, 1.165) is 22.3 Å². The zero-order chi connectivity index (χ0) is 23.5. The van der Waals surface area contributed by atoms with Crippen LogP contribution in [0, 0.1) is 29.6 Å². The van der Waals surface area contributed by atoms with Crippen LogP contribution in [0.3, 0.4) is 0 Å². The first-order valence-corrected chi connectivity index (χ1v) is 10.6. The van der Waals surface area contributed by atoms with Crippen molar-refractivity contribution in [3.63, 3.8) is 0 Å². The number of nitriles is 2. The highest BCUT2D eigenvalue weighted by Gasteiger charge is 2.29. The fraction of sp³-hybridized carbons (Fsp3) is 0.280. The summed E-state index contributed by atoms with van der Waals surface area (Å²) in [4.78, 5) is 18.3. The summed E-state index contributed by atoms with van der Waals surface area (Å²) in [5, 5.41) is 19.2. The van der Waals surface area contributed by atoms with Crippen molar-refractivity contribution >= 4 is 28.9 Å². The van der Waals surface area contributed by atoms with E-state index in [1.54, 1.807) is 17.0 Å². The van der Waals surface area contributed by atoms with Gasteiger partial charge >= 0.3 is 0 Å². The number of benzene rings is 1. The maximum atomic E-state index is 12.3. The first-order valence-electron chi connectivity index (χ1n) is 10.6. The molecular formula is C25H23N5O3. The lowest BCUT2D eigenvalue weighted by molar-refractivity contribution is -0.137. The molecule has 0 saturated carbocycles. The summed E-state index contributed by atoms with van der Waals surface area (Å²) in [6.45, 7) is 5.93. The van der Waals surface area contributed by atoms with Crippen molar-refractivity contribution in [1.82, 2.24) is 9.88 Å². The number of hydrogen-bond donors (Lipinski definition) is 1. The number of nitrogens with two attached hydrogens (primary N) is 1. The van der Waals surface area contributed by atoms with E-state index < -0.39 is 0 Å². The minimum atomic E-state index is -0.0626. The third kappa shape index (κ3) is 4.17. The van der Waals surface area contributed by atoms with Gasteiger partial charge in [-0.25, -0.2) is 4.98 Å². The average Bonchev–Trinajstić information content (AvgIpc) is 3.09. The molecule has 1 aliphatic carbocycles. The van der Waals surface area contributed by atoms with Crippen LogP contribution in [-0.4, -0.2) is 48.7 Å². The highest BCUT2D eigenvalue weighted by Crippen LogP contribution is 2.44. The molecule has 8 heteroatoms. The van der Waals surface area contributed by atoms with Gasteiger partial charge in [-0.1, -0.05) is 12.1 Å². The molecule has 1 aromatic heterocycles. The number of anilines is 1. The molecule has 2 aromatic rings. The Morgan fingerprint density at radius 2 is 1.91 bits per heavy atom. The quantitative estimate of drug-likeness (QED) is 0.773. The van der Waals surface area contributed by atoms with Crippen molar-refractivity contribution in [2.45, 2.75) is 13.8 Å². The van der Waals surface area contributed by atoms with Crippen LogP contribution in [0.2, 0.25) is 0 Å². The van der Waals surface area contributed by atoms with E-state index in [-0.39, 0.29) is 18.3 Å². The summed E-state index contributed by atoms with van der Waals surface area (Å²) >= 11 is 0. The molecule has 0 spiro atoms. The molecule has 1 saturated heterocycles. The van der Waals surface area contributed by atoms with Crippen molar-refractivity contribution in [2.75, 3.05) is 38.6 Å². The van der Waals surface area contributed by atoms with Crippen molar-refractivity contribution < 1.29 is 14.3 Å². The van der Waals surface area contributed by atoms with Crippen LogP contribution in [0.15, 0.2) is 29.8 Å². The Balaban J connectivity index is 1.57. The second-order valence-corrected chi connectivity index (χ2v) is 7.85. The third-order valence-corrected chi connectivity index (χ3v) is 5.90. The summed E-state index contributed by atoms with van der Waals surface area (Å²) in [5.74, 6) is 0.657. The molecule has 0 bridgehead atoms. The van der Waals surface area contributed by atoms with Crippen LogP contribution < -0.4 is 10.5 Å². The van der Waals surface area contributed by atoms with Crippen molar-refractivity contribution in [2.24, 2.45) is 0 Å². The predicted molar refractivity (Wildman–Crippen MR) is 124 cm³/mol. The Labute approximate surface area is 192 Å². The molecule has 2 heterocycles. The smallest absolute Gasteiger partial charge is 0.260 e. The lowest BCUT2D eigenvalue weighted by atomic mass is 9.95. The number of carbonyl (C=O) groups is 1. The summed E-state index contributed by atoms with van der Waals surface area (Å²) < 4.78 is 10.9. The molecular weight excluding hydrogens is 418 g/mol. The van der Waals surface area contributed by atoms with Gasteiger partial charge in [-0.05, 0) is 54.3 Å². The SMILES string of the molecule is CC1=C(C#N)c2nc(N)c(C#N)c(C)c2/C1=C\c1ccc(OCC(=O)N2CCOCC2)cc1. The van der Waals surface area contributed by atoms with Gasteiger partial charge in [0, 0.05) is 18.7 Å². The van der Waals surface area contributed by atoms with E-state index in [9.17, 15) is 15.3 Å².